The van der Waals surface area contributed by atoms with Gasteiger partial charge in [-0.25, -0.2) is 0 Å². The first-order chi connectivity index (χ1) is 7.41. The minimum atomic E-state index is -4.51. The molecule has 0 saturated heterocycles. The Balaban J connectivity index is 3.69. The van der Waals surface area contributed by atoms with Crippen LogP contribution in [0.4, 0.5) is 13.2 Å². The summed E-state index contributed by atoms with van der Waals surface area (Å²) in [6.45, 7) is -0.110. The van der Waals surface area contributed by atoms with Crippen molar-refractivity contribution in [2.45, 2.75) is 18.7 Å². The predicted octanol–water partition coefficient (Wildman–Crippen LogP) is 0.675. The lowest BCUT2D eigenvalue weighted by Gasteiger charge is -2.14. The second-order valence-electron chi connectivity index (χ2n) is 3.33. The number of halogens is 3. The van der Waals surface area contributed by atoms with Gasteiger partial charge < -0.3 is 15.2 Å². The van der Waals surface area contributed by atoms with Gasteiger partial charge in [0.25, 0.3) is 0 Å². The maximum atomic E-state index is 12.1. The van der Waals surface area contributed by atoms with Crippen molar-refractivity contribution < 1.29 is 23.0 Å². The largest absolute Gasteiger partial charge is 0.405 e. The number of nitrogens with one attached hydrogen (secondary N) is 1. The van der Waals surface area contributed by atoms with Crippen molar-refractivity contribution in [3.05, 3.63) is 0 Å². The zero-order valence-corrected chi connectivity index (χ0v) is 8.92. The Morgan fingerprint density at radius 3 is 2.56 bits per heavy atom. The van der Waals surface area contributed by atoms with Gasteiger partial charge in [0, 0.05) is 13.7 Å². The fraction of sp³-hybridized carbons (Fsp3) is 0.889. The van der Waals surface area contributed by atoms with E-state index < -0.39 is 24.7 Å². The van der Waals surface area contributed by atoms with Gasteiger partial charge in [0.15, 0.2) is 5.92 Å². The Bertz CT molecular complexity index is 228. The van der Waals surface area contributed by atoms with E-state index in [4.69, 9.17) is 5.26 Å². The smallest absolute Gasteiger partial charge is 0.391 e. The number of hydrogen-bond acceptors (Lipinski definition) is 4. The molecule has 2 unspecified atom stereocenters. The number of ether oxygens (including phenoxy) is 1. The average molecular weight is 240 g/mol. The summed E-state index contributed by atoms with van der Waals surface area (Å²) in [5.74, 6) is -2.01. The van der Waals surface area contributed by atoms with Gasteiger partial charge in [-0.2, -0.15) is 18.4 Å². The molecule has 2 N–H and O–H groups in total. The van der Waals surface area contributed by atoms with E-state index in [-0.39, 0.29) is 19.6 Å². The van der Waals surface area contributed by atoms with Crippen LogP contribution in [0.5, 0.6) is 0 Å². The Morgan fingerprint density at radius 2 is 2.12 bits per heavy atom. The van der Waals surface area contributed by atoms with Crippen LogP contribution >= 0.6 is 0 Å². The molecule has 0 rings (SSSR count). The van der Waals surface area contributed by atoms with E-state index in [1.165, 1.54) is 13.2 Å². The van der Waals surface area contributed by atoms with E-state index in [9.17, 15) is 18.3 Å². The Hall–Kier alpha value is -0.840. The molecule has 0 aromatic heterocycles. The minimum Gasteiger partial charge on any atom is -0.391 e. The van der Waals surface area contributed by atoms with Crippen molar-refractivity contribution in [3.63, 3.8) is 0 Å². The SMILES string of the molecule is COCC(O)CCNCC(C#N)C(F)(F)F. The van der Waals surface area contributed by atoms with E-state index in [0.29, 0.717) is 0 Å². The Kier molecular flexibility index (Phi) is 7.05. The summed E-state index contributed by atoms with van der Waals surface area (Å²) in [5.41, 5.74) is 0. The molecule has 94 valence electrons. The maximum Gasteiger partial charge on any atom is 0.405 e. The van der Waals surface area contributed by atoms with Gasteiger partial charge >= 0.3 is 6.18 Å². The summed E-state index contributed by atoms with van der Waals surface area (Å²) in [4.78, 5) is 0. The molecule has 4 nitrogen and oxygen atoms in total. The molecule has 0 saturated carbocycles. The van der Waals surface area contributed by atoms with E-state index in [0.717, 1.165) is 0 Å². The first-order valence-electron chi connectivity index (χ1n) is 4.75. The molecule has 0 aromatic carbocycles. The average Bonchev–Trinajstić information content (AvgIpc) is 2.16. The number of methoxy groups -OCH3 is 1. The third-order valence-corrected chi connectivity index (χ3v) is 1.91. The summed E-state index contributed by atoms with van der Waals surface area (Å²) in [6.07, 6.45) is -4.93. The number of aliphatic hydroxyl groups excluding tert-OH is 1. The molecule has 0 aliphatic heterocycles. The maximum absolute atomic E-state index is 12.1. The molecule has 0 aliphatic rings. The van der Waals surface area contributed by atoms with Crippen LogP contribution in [0.15, 0.2) is 0 Å². The molecular weight excluding hydrogens is 225 g/mol. The lowest BCUT2D eigenvalue weighted by molar-refractivity contribution is -0.157. The summed E-state index contributed by atoms with van der Waals surface area (Å²) < 4.78 is 40.9. The van der Waals surface area contributed by atoms with Crippen LogP contribution in [0.25, 0.3) is 0 Å². The molecule has 0 aliphatic carbocycles. The van der Waals surface area contributed by atoms with Crippen molar-refractivity contribution in [2.24, 2.45) is 5.92 Å². The molecule has 0 aromatic rings. The number of aliphatic hydroxyl groups is 1. The topological polar surface area (TPSA) is 65.3 Å². The predicted molar refractivity (Wildman–Crippen MR) is 50.5 cm³/mol. The van der Waals surface area contributed by atoms with E-state index in [2.05, 4.69) is 10.1 Å². The number of hydrogen-bond donors (Lipinski definition) is 2. The van der Waals surface area contributed by atoms with Gasteiger partial charge in [-0.3, -0.25) is 0 Å². The molecule has 0 spiro atoms. The molecule has 2 atom stereocenters. The molecule has 0 fully saturated rings. The van der Waals surface area contributed by atoms with Gasteiger partial charge in [0.1, 0.15) is 0 Å². The van der Waals surface area contributed by atoms with E-state index >= 15 is 0 Å². The lowest BCUT2D eigenvalue weighted by Crippen LogP contribution is -2.34. The van der Waals surface area contributed by atoms with Crippen molar-refractivity contribution in [2.75, 3.05) is 26.8 Å². The number of alkyl halides is 3. The second kappa shape index (κ2) is 7.44. The van der Waals surface area contributed by atoms with Crippen molar-refractivity contribution in [3.8, 4) is 6.07 Å². The normalized spacial score (nSPS) is 15.5. The van der Waals surface area contributed by atoms with Crippen LogP contribution in [0.1, 0.15) is 6.42 Å². The van der Waals surface area contributed by atoms with Crippen LogP contribution < -0.4 is 5.32 Å². The van der Waals surface area contributed by atoms with Gasteiger partial charge in [-0.1, -0.05) is 0 Å². The van der Waals surface area contributed by atoms with Crippen LogP contribution in [-0.4, -0.2) is 44.2 Å². The van der Waals surface area contributed by atoms with Crippen molar-refractivity contribution in [1.82, 2.24) is 5.32 Å². The van der Waals surface area contributed by atoms with Crippen molar-refractivity contribution in [1.29, 1.82) is 5.26 Å². The monoisotopic (exact) mass is 240 g/mol. The zero-order chi connectivity index (χ0) is 12.6. The number of nitriles is 1. The quantitative estimate of drug-likeness (QED) is 0.642. The lowest BCUT2D eigenvalue weighted by atomic mass is 10.1. The first-order valence-corrected chi connectivity index (χ1v) is 4.75. The zero-order valence-electron chi connectivity index (χ0n) is 8.92. The van der Waals surface area contributed by atoms with Gasteiger partial charge in [0.05, 0.1) is 18.8 Å². The van der Waals surface area contributed by atoms with Crippen LogP contribution in [0.2, 0.25) is 0 Å². The van der Waals surface area contributed by atoms with E-state index in [1.807, 2.05) is 0 Å². The molecule has 0 bridgehead atoms. The second-order valence-corrected chi connectivity index (χ2v) is 3.33. The van der Waals surface area contributed by atoms with Crippen molar-refractivity contribution >= 4 is 0 Å². The Labute approximate surface area is 92.0 Å². The van der Waals surface area contributed by atoms with Gasteiger partial charge in [0.2, 0.25) is 0 Å². The molecular formula is C9H15F3N2O2. The molecule has 0 heterocycles. The fourth-order valence-corrected chi connectivity index (χ4v) is 1.03. The van der Waals surface area contributed by atoms with Crippen LogP contribution in [0, 0.1) is 17.2 Å². The van der Waals surface area contributed by atoms with Crippen LogP contribution in [-0.2, 0) is 4.74 Å². The third kappa shape index (κ3) is 6.61. The summed E-state index contributed by atoms with van der Waals surface area (Å²) >= 11 is 0. The third-order valence-electron chi connectivity index (χ3n) is 1.91. The highest BCUT2D eigenvalue weighted by Gasteiger charge is 2.39. The molecule has 16 heavy (non-hydrogen) atoms. The van der Waals surface area contributed by atoms with Gasteiger partial charge in [-0.15, -0.1) is 0 Å². The van der Waals surface area contributed by atoms with Crippen LogP contribution in [0.3, 0.4) is 0 Å². The number of nitrogens with zero attached hydrogens (tertiary/aromatic N) is 1. The number of rotatable bonds is 7. The summed E-state index contributed by atoms with van der Waals surface area (Å²) in [7, 11) is 1.42. The highest BCUT2D eigenvalue weighted by molar-refractivity contribution is 4.89. The highest BCUT2D eigenvalue weighted by atomic mass is 19.4. The Morgan fingerprint density at radius 1 is 1.50 bits per heavy atom. The summed E-state index contributed by atoms with van der Waals surface area (Å²) in [5, 5.41) is 19.9. The summed E-state index contributed by atoms with van der Waals surface area (Å²) in [6, 6.07) is 1.18. The molecule has 7 heteroatoms. The minimum absolute atomic E-state index is 0.141. The first kappa shape index (κ1) is 15.2. The highest BCUT2D eigenvalue weighted by Crippen LogP contribution is 2.24. The fourth-order valence-electron chi connectivity index (χ4n) is 1.03. The standard InChI is InChI=1S/C9H15F3N2O2/c1-16-6-8(15)2-3-14-5-7(4-13)9(10,11)12/h7-8,14-15H,2-3,5-6H2,1H3. The molecule has 0 amide bonds. The van der Waals surface area contributed by atoms with Gasteiger partial charge in [-0.05, 0) is 13.0 Å². The van der Waals surface area contributed by atoms with E-state index in [1.54, 1.807) is 0 Å². The molecule has 0 radical (unpaired) electrons.